The number of hydrogen-bond donors (Lipinski definition) is 2. The van der Waals surface area contributed by atoms with Crippen molar-refractivity contribution in [2.24, 2.45) is 17.8 Å². The number of methoxy groups -OCH3 is 1. The molecule has 8 nitrogen and oxygen atoms in total. The molecular weight excluding hydrogens is 448 g/mol. The Morgan fingerprint density at radius 3 is 2.51 bits per heavy atom. The maximum Gasteiger partial charge on any atom is 0.333 e. The summed E-state index contributed by atoms with van der Waals surface area (Å²) in [4.78, 5) is 25.7. The van der Waals surface area contributed by atoms with Crippen LogP contribution in [0.2, 0.25) is 0 Å². The lowest BCUT2D eigenvalue weighted by Crippen LogP contribution is -2.60. The number of rotatable bonds is 5. The number of fused-ring (bicyclic) bond motifs is 4. The van der Waals surface area contributed by atoms with Crippen molar-refractivity contribution < 1.29 is 28.5 Å². The smallest absolute Gasteiger partial charge is 0.333 e. The summed E-state index contributed by atoms with van der Waals surface area (Å²) in [6.07, 6.45) is 2.97. The van der Waals surface area contributed by atoms with Crippen molar-refractivity contribution >= 4 is 11.9 Å². The summed E-state index contributed by atoms with van der Waals surface area (Å²) in [6.45, 7) is 7.60. The van der Waals surface area contributed by atoms with E-state index in [1.165, 1.54) is 7.11 Å². The fraction of sp³-hybridized carbons (Fsp3) is 0.704. The summed E-state index contributed by atoms with van der Waals surface area (Å²) >= 11 is 0. The molecule has 1 aromatic carbocycles. The Kier molecular flexibility index (Phi) is 6.68. The molecule has 1 aromatic rings. The van der Waals surface area contributed by atoms with Crippen molar-refractivity contribution in [2.45, 2.75) is 88.7 Å². The summed E-state index contributed by atoms with van der Waals surface area (Å²) in [6, 6.07) is 8.23. The Bertz CT molecular complexity index is 943. The van der Waals surface area contributed by atoms with Gasteiger partial charge in [0.05, 0.1) is 25.7 Å². The minimum absolute atomic E-state index is 0.0183. The molecule has 2 N–H and O–H groups in total. The van der Waals surface area contributed by atoms with Gasteiger partial charge in [-0.15, -0.1) is 0 Å². The van der Waals surface area contributed by atoms with Crippen molar-refractivity contribution in [3.8, 4) is 0 Å². The number of carbonyl (C=O) groups excluding carboxylic acids is 2. The number of benzene rings is 1. The highest BCUT2D eigenvalue weighted by atomic mass is 16.7. The third-order valence-electron chi connectivity index (χ3n) is 8.22. The van der Waals surface area contributed by atoms with Gasteiger partial charge in [-0.05, 0) is 36.2 Å². The Morgan fingerprint density at radius 2 is 1.80 bits per heavy atom. The predicted octanol–water partition coefficient (Wildman–Crippen LogP) is 3.07. The van der Waals surface area contributed by atoms with Crippen LogP contribution >= 0.6 is 0 Å². The van der Waals surface area contributed by atoms with Crippen LogP contribution in [0, 0.1) is 17.8 Å². The third kappa shape index (κ3) is 4.73. The van der Waals surface area contributed by atoms with Gasteiger partial charge in [0.1, 0.15) is 11.8 Å². The average molecular weight is 487 g/mol. The number of esters is 1. The molecule has 4 aliphatic heterocycles. The zero-order valence-electron chi connectivity index (χ0n) is 21.1. The van der Waals surface area contributed by atoms with Gasteiger partial charge in [0, 0.05) is 19.4 Å². The van der Waals surface area contributed by atoms with Crippen molar-refractivity contribution in [3.63, 3.8) is 0 Å². The van der Waals surface area contributed by atoms with Gasteiger partial charge in [-0.25, -0.2) is 4.79 Å². The number of piperidine rings is 1. The van der Waals surface area contributed by atoms with E-state index in [2.05, 4.69) is 31.4 Å². The lowest BCUT2D eigenvalue weighted by Gasteiger charge is -2.51. The van der Waals surface area contributed by atoms with E-state index in [1.807, 2.05) is 18.2 Å². The summed E-state index contributed by atoms with van der Waals surface area (Å²) in [5.41, 5.74) is 0.266. The van der Waals surface area contributed by atoms with E-state index in [0.717, 1.165) is 25.8 Å². The highest BCUT2D eigenvalue weighted by Crippen LogP contribution is 2.51. The maximum atomic E-state index is 13.3. The lowest BCUT2D eigenvalue weighted by atomic mass is 9.80. The molecule has 9 atom stereocenters. The zero-order valence-corrected chi connectivity index (χ0v) is 21.1. The number of nitrogens with one attached hydrogen (secondary N) is 2. The van der Waals surface area contributed by atoms with Crippen LogP contribution in [-0.4, -0.2) is 55.4 Å². The highest BCUT2D eigenvalue weighted by Gasteiger charge is 2.61. The molecule has 192 valence electrons. The molecule has 5 rings (SSSR count). The standard InChI is InChI=1S/C27H38N2O6/c1-16-11-20-24-21(13-27(35-24)18(3)10-17(2)15-28-27)34-26(12-16,33-20)14-22(30)29-23(25(31)32-4)19-8-6-5-7-9-19/h5-9,16-18,20-21,23-24,28H,10-15H2,1-4H3,(H,29,30)/t16-,17+,18-,20-,21+,23-,24+,26-,27-/m0/s1. The first-order chi connectivity index (χ1) is 16.7. The largest absolute Gasteiger partial charge is 0.467 e. The number of ether oxygens (including phenoxy) is 4. The minimum atomic E-state index is -1.02. The summed E-state index contributed by atoms with van der Waals surface area (Å²) < 4.78 is 24.7. The molecule has 0 aromatic heterocycles. The third-order valence-corrected chi connectivity index (χ3v) is 8.22. The summed E-state index contributed by atoms with van der Waals surface area (Å²) in [5, 5.41) is 6.53. The quantitative estimate of drug-likeness (QED) is 0.618. The molecule has 2 bridgehead atoms. The van der Waals surface area contributed by atoms with Gasteiger partial charge in [-0.2, -0.15) is 0 Å². The van der Waals surface area contributed by atoms with Gasteiger partial charge >= 0.3 is 5.97 Å². The van der Waals surface area contributed by atoms with Crippen LogP contribution in [0.5, 0.6) is 0 Å². The van der Waals surface area contributed by atoms with E-state index >= 15 is 0 Å². The van der Waals surface area contributed by atoms with Crippen LogP contribution in [0.4, 0.5) is 0 Å². The summed E-state index contributed by atoms with van der Waals surface area (Å²) in [7, 11) is 1.32. The fourth-order valence-electron chi connectivity index (χ4n) is 6.63. The molecule has 0 aliphatic carbocycles. The number of amides is 1. The predicted molar refractivity (Wildman–Crippen MR) is 128 cm³/mol. The Labute approximate surface area is 207 Å². The topological polar surface area (TPSA) is 95.1 Å². The second-order valence-electron chi connectivity index (χ2n) is 11.2. The van der Waals surface area contributed by atoms with Crippen LogP contribution in [0.25, 0.3) is 0 Å². The van der Waals surface area contributed by atoms with Crippen LogP contribution in [-0.2, 0) is 28.5 Å². The molecule has 4 fully saturated rings. The normalized spacial score (nSPS) is 41.1. The van der Waals surface area contributed by atoms with Gasteiger partial charge < -0.3 is 24.3 Å². The molecule has 1 amide bonds. The Hall–Kier alpha value is -2.00. The Balaban J connectivity index is 1.32. The maximum absolute atomic E-state index is 13.3. The summed E-state index contributed by atoms with van der Waals surface area (Å²) in [5.74, 6) is -0.540. The van der Waals surface area contributed by atoms with E-state index in [0.29, 0.717) is 29.7 Å². The molecule has 4 saturated heterocycles. The molecule has 0 unspecified atom stereocenters. The lowest BCUT2D eigenvalue weighted by molar-refractivity contribution is -0.363. The van der Waals surface area contributed by atoms with Gasteiger partial charge in [-0.1, -0.05) is 51.1 Å². The second-order valence-corrected chi connectivity index (χ2v) is 11.2. The first kappa shape index (κ1) is 24.7. The molecule has 35 heavy (non-hydrogen) atoms. The van der Waals surface area contributed by atoms with Crippen LogP contribution in [0.3, 0.4) is 0 Å². The monoisotopic (exact) mass is 486 g/mol. The number of hydrogen-bond acceptors (Lipinski definition) is 7. The van der Waals surface area contributed by atoms with Gasteiger partial charge in [-0.3, -0.25) is 10.1 Å². The van der Waals surface area contributed by atoms with E-state index in [9.17, 15) is 9.59 Å². The van der Waals surface area contributed by atoms with E-state index in [1.54, 1.807) is 12.1 Å². The van der Waals surface area contributed by atoms with Crippen molar-refractivity contribution in [3.05, 3.63) is 35.9 Å². The molecule has 0 saturated carbocycles. The van der Waals surface area contributed by atoms with Crippen molar-refractivity contribution in [1.82, 2.24) is 10.6 Å². The van der Waals surface area contributed by atoms with E-state index < -0.39 is 23.5 Å². The first-order valence-corrected chi connectivity index (χ1v) is 12.9. The van der Waals surface area contributed by atoms with Crippen molar-refractivity contribution in [1.29, 1.82) is 0 Å². The zero-order chi connectivity index (χ0) is 24.8. The van der Waals surface area contributed by atoms with Gasteiger partial charge in [0.25, 0.3) is 0 Å². The average Bonchev–Trinajstić information content (AvgIpc) is 3.19. The molecule has 4 heterocycles. The second kappa shape index (κ2) is 9.47. The van der Waals surface area contributed by atoms with Crippen LogP contribution in [0.1, 0.15) is 64.5 Å². The van der Waals surface area contributed by atoms with Crippen LogP contribution in [0.15, 0.2) is 30.3 Å². The molecule has 8 heteroatoms. The minimum Gasteiger partial charge on any atom is -0.467 e. The van der Waals surface area contributed by atoms with Crippen LogP contribution < -0.4 is 10.6 Å². The van der Waals surface area contributed by atoms with Crippen molar-refractivity contribution in [2.75, 3.05) is 13.7 Å². The molecule has 0 radical (unpaired) electrons. The molecular formula is C27H38N2O6. The SMILES string of the molecule is COC(=O)[C@@H](NC(=O)C[C@@]12C[C@@H](C)C[C@H](O1)[C@H]1O[C@]3(C[C@H]1O2)NC[C@H](C)C[C@@H]3C)c1ccccc1. The van der Waals surface area contributed by atoms with Gasteiger partial charge in [0.2, 0.25) is 5.91 Å². The molecule has 4 aliphatic rings. The first-order valence-electron chi connectivity index (χ1n) is 12.9. The van der Waals surface area contributed by atoms with E-state index in [-0.39, 0.29) is 30.6 Å². The number of carbonyl (C=O) groups is 2. The van der Waals surface area contributed by atoms with E-state index in [4.69, 9.17) is 18.9 Å². The fourth-order valence-corrected chi connectivity index (χ4v) is 6.63. The van der Waals surface area contributed by atoms with Gasteiger partial charge in [0.15, 0.2) is 11.8 Å². The Morgan fingerprint density at radius 1 is 1.06 bits per heavy atom. The highest BCUT2D eigenvalue weighted by molar-refractivity contribution is 5.85. The molecule has 1 spiro atoms.